The molecule has 0 spiro atoms. The lowest BCUT2D eigenvalue weighted by atomic mass is 9.93. The molecule has 0 amide bonds. The van der Waals surface area contributed by atoms with Gasteiger partial charge in [0.1, 0.15) is 0 Å². The molecule has 0 radical (unpaired) electrons. The van der Waals surface area contributed by atoms with Crippen molar-refractivity contribution in [2.75, 3.05) is 13.1 Å². The zero-order chi connectivity index (χ0) is 16.4. The second kappa shape index (κ2) is 7.16. The Balaban J connectivity index is 1.97. The van der Waals surface area contributed by atoms with E-state index in [4.69, 9.17) is 0 Å². The van der Waals surface area contributed by atoms with E-state index in [2.05, 4.69) is 63.5 Å². The minimum atomic E-state index is -0.674. The first-order valence-electron chi connectivity index (χ1n) is 7.82. The van der Waals surface area contributed by atoms with Crippen molar-refractivity contribution in [3.8, 4) is 0 Å². The van der Waals surface area contributed by atoms with Crippen LogP contribution in [0, 0.1) is 12.8 Å². The predicted octanol–water partition coefficient (Wildman–Crippen LogP) is 4.71. The summed E-state index contributed by atoms with van der Waals surface area (Å²) in [6.45, 7) is 3.70. The number of aryl methyl sites for hydroxylation is 1. The smallest absolute Gasteiger partial charge is 0.307 e. The van der Waals surface area contributed by atoms with E-state index in [1.165, 1.54) is 16.0 Å². The van der Waals surface area contributed by atoms with Crippen molar-refractivity contribution >= 4 is 33.2 Å². The second-order valence-corrected chi connectivity index (χ2v) is 7.96. The van der Waals surface area contributed by atoms with Crippen LogP contribution in [-0.2, 0) is 4.79 Å². The third-order valence-electron chi connectivity index (χ3n) is 4.50. The molecule has 0 aliphatic carbocycles. The fourth-order valence-corrected chi connectivity index (χ4v) is 4.63. The van der Waals surface area contributed by atoms with E-state index in [0.29, 0.717) is 6.54 Å². The number of aliphatic carboxylic acids is 1. The number of thiophene rings is 1. The van der Waals surface area contributed by atoms with E-state index in [1.807, 2.05) is 0 Å². The maximum atomic E-state index is 11.4. The van der Waals surface area contributed by atoms with Crippen molar-refractivity contribution in [3.63, 3.8) is 0 Å². The summed E-state index contributed by atoms with van der Waals surface area (Å²) in [5.74, 6) is -0.936. The maximum Gasteiger partial charge on any atom is 0.307 e. The molecule has 23 heavy (non-hydrogen) atoms. The van der Waals surface area contributed by atoms with E-state index in [0.717, 1.165) is 23.9 Å². The summed E-state index contributed by atoms with van der Waals surface area (Å²) in [5, 5.41) is 11.5. The van der Waals surface area contributed by atoms with Gasteiger partial charge in [0.05, 0.1) is 12.0 Å². The fraction of sp³-hybridized carbons (Fsp3) is 0.389. The number of carbonyl (C=O) groups is 1. The van der Waals surface area contributed by atoms with Crippen LogP contribution in [0.25, 0.3) is 0 Å². The molecule has 1 aliphatic rings. The van der Waals surface area contributed by atoms with Crippen molar-refractivity contribution in [2.45, 2.75) is 25.8 Å². The highest BCUT2D eigenvalue weighted by Crippen LogP contribution is 2.37. The second-order valence-electron chi connectivity index (χ2n) is 6.09. The summed E-state index contributed by atoms with van der Waals surface area (Å²) < 4.78 is 1.06. The molecular weight excluding hydrogens is 374 g/mol. The Kier molecular flexibility index (Phi) is 5.19. The van der Waals surface area contributed by atoms with E-state index in [9.17, 15) is 9.90 Å². The van der Waals surface area contributed by atoms with Crippen LogP contribution in [0.3, 0.4) is 0 Å². The summed E-state index contributed by atoms with van der Waals surface area (Å²) in [6, 6.07) is 10.7. The molecule has 2 heterocycles. The van der Waals surface area contributed by atoms with Gasteiger partial charge < -0.3 is 5.11 Å². The average Bonchev–Trinajstić information content (AvgIpc) is 2.96. The lowest BCUT2D eigenvalue weighted by Crippen LogP contribution is -2.41. The number of carboxylic acid groups (broad SMARTS) is 1. The third kappa shape index (κ3) is 3.67. The van der Waals surface area contributed by atoms with Crippen LogP contribution in [0.5, 0.6) is 0 Å². The Morgan fingerprint density at radius 3 is 2.70 bits per heavy atom. The summed E-state index contributed by atoms with van der Waals surface area (Å²) >= 11 is 5.25. The largest absolute Gasteiger partial charge is 0.481 e. The number of carboxylic acids is 1. The highest BCUT2D eigenvalue weighted by Gasteiger charge is 2.32. The van der Waals surface area contributed by atoms with Gasteiger partial charge in [0, 0.05) is 15.9 Å². The van der Waals surface area contributed by atoms with Crippen LogP contribution in [0.2, 0.25) is 0 Å². The molecule has 2 atom stereocenters. The topological polar surface area (TPSA) is 40.5 Å². The Bertz CT molecular complexity index is 683. The van der Waals surface area contributed by atoms with Crippen molar-refractivity contribution in [2.24, 2.45) is 5.92 Å². The molecule has 122 valence electrons. The van der Waals surface area contributed by atoms with Crippen molar-refractivity contribution in [1.82, 2.24) is 4.90 Å². The summed E-state index contributed by atoms with van der Waals surface area (Å²) in [6.07, 6.45) is 1.72. The molecule has 1 saturated heterocycles. The zero-order valence-electron chi connectivity index (χ0n) is 13.0. The first-order chi connectivity index (χ1) is 11.1. The first kappa shape index (κ1) is 16.7. The highest BCUT2D eigenvalue weighted by atomic mass is 79.9. The van der Waals surface area contributed by atoms with Gasteiger partial charge in [-0.1, -0.05) is 28.1 Å². The Labute approximate surface area is 149 Å². The predicted molar refractivity (Wildman–Crippen MR) is 97.0 cm³/mol. The molecule has 1 N–H and O–H groups in total. The Morgan fingerprint density at radius 1 is 1.35 bits per heavy atom. The number of piperidine rings is 1. The minimum absolute atomic E-state index is 0.144. The third-order valence-corrected chi connectivity index (χ3v) is 6.10. The minimum Gasteiger partial charge on any atom is -0.481 e. The summed E-state index contributed by atoms with van der Waals surface area (Å²) in [5.41, 5.74) is 2.50. The lowest BCUT2D eigenvalue weighted by Gasteiger charge is -2.37. The van der Waals surface area contributed by atoms with Gasteiger partial charge in [-0.25, -0.2) is 0 Å². The fourth-order valence-electron chi connectivity index (χ4n) is 3.28. The van der Waals surface area contributed by atoms with Gasteiger partial charge in [0.25, 0.3) is 0 Å². The molecule has 2 unspecified atom stereocenters. The number of hydrogen-bond donors (Lipinski definition) is 1. The highest BCUT2D eigenvalue weighted by molar-refractivity contribution is 9.10. The summed E-state index contributed by atoms with van der Waals surface area (Å²) in [4.78, 5) is 15.1. The van der Waals surface area contributed by atoms with Gasteiger partial charge in [-0.2, -0.15) is 0 Å². The number of halogens is 1. The lowest BCUT2D eigenvalue weighted by molar-refractivity contribution is -0.143. The molecule has 1 aliphatic heterocycles. The molecule has 3 nitrogen and oxygen atoms in total. The van der Waals surface area contributed by atoms with Gasteiger partial charge in [-0.3, -0.25) is 9.69 Å². The average molecular weight is 394 g/mol. The SMILES string of the molecule is Cc1ccsc1C(c1ccc(Br)cc1)N1CCCC(C(=O)O)C1. The first-order valence-corrected chi connectivity index (χ1v) is 9.50. The molecule has 1 aromatic heterocycles. The normalized spacial score (nSPS) is 20.3. The Hall–Kier alpha value is -1.17. The summed E-state index contributed by atoms with van der Waals surface area (Å²) in [7, 11) is 0. The van der Waals surface area contributed by atoms with Crippen molar-refractivity contribution < 1.29 is 9.90 Å². The van der Waals surface area contributed by atoms with E-state index < -0.39 is 5.97 Å². The molecule has 1 fully saturated rings. The number of rotatable bonds is 4. The molecule has 2 aromatic rings. The van der Waals surface area contributed by atoms with Gasteiger partial charge in [0.15, 0.2) is 0 Å². The standard InChI is InChI=1S/C18H20BrNO2S/c1-12-8-10-23-17(12)16(13-4-6-15(19)7-5-13)20-9-2-3-14(11-20)18(21)22/h4-8,10,14,16H,2-3,9,11H2,1H3,(H,21,22). The van der Waals surface area contributed by atoms with Crippen LogP contribution in [0.15, 0.2) is 40.2 Å². The van der Waals surface area contributed by atoms with Crippen molar-refractivity contribution in [1.29, 1.82) is 0 Å². The van der Waals surface area contributed by atoms with E-state index in [1.54, 1.807) is 11.3 Å². The van der Waals surface area contributed by atoms with Gasteiger partial charge >= 0.3 is 5.97 Å². The number of benzene rings is 1. The number of likely N-dealkylation sites (tertiary alicyclic amines) is 1. The van der Waals surface area contributed by atoms with Crippen LogP contribution in [-0.4, -0.2) is 29.1 Å². The molecule has 0 bridgehead atoms. The molecule has 0 saturated carbocycles. The van der Waals surface area contributed by atoms with Crippen LogP contribution < -0.4 is 0 Å². The van der Waals surface area contributed by atoms with E-state index in [-0.39, 0.29) is 12.0 Å². The van der Waals surface area contributed by atoms with Crippen LogP contribution in [0.1, 0.15) is 34.9 Å². The van der Waals surface area contributed by atoms with Gasteiger partial charge in [0.2, 0.25) is 0 Å². The van der Waals surface area contributed by atoms with Gasteiger partial charge in [-0.05, 0) is 61.0 Å². The monoisotopic (exact) mass is 393 g/mol. The molecule has 5 heteroatoms. The Morgan fingerprint density at radius 2 is 2.09 bits per heavy atom. The van der Waals surface area contributed by atoms with Crippen LogP contribution >= 0.6 is 27.3 Å². The van der Waals surface area contributed by atoms with Crippen LogP contribution in [0.4, 0.5) is 0 Å². The maximum absolute atomic E-state index is 11.4. The van der Waals surface area contributed by atoms with Crippen molar-refractivity contribution in [3.05, 3.63) is 56.2 Å². The molecule has 1 aromatic carbocycles. The zero-order valence-corrected chi connectivity index (χ0v) is 15.4. The van der Waals surface area contributed by atoms with Gasteiger partial charge in [-0.15, -0.1) is 11.3 Å². The number of nitrogens with zero attached hydrogens (tertiary/aromatic N) is 1. The molecular formula is C18H20BrNO2S. The molecule has 3 rings (SSSR count). The van der Waals surface area contributed by atoms with E-state index >= 15 is 0 Å². The number of hydrogen-bond acceptors (Lipinski definition) is 3. The quantitative estimate of drug-likeness (QED) is 0.817.